The second-order valence-electron chi connectivity index (χ2n) is 9.42. The fourth-order valence-corrected chi connectivity index (χ4v) is 6.25. The van der Waals surface area contributed by atoms with Gasteiger partial charge in [0.05, 0.1) is 10.5 Å². The molecule has 1 atom stereocenters. The minimum absolute atomic E-state index is 0.0957. The monoisotopic (exact) mass is 458 g/mol. The van der Waals surface area contributed by atoms with Crippen LogP contribution in [0.4, 0.5) is 5.69 Å². The van der Waals surface area contributed by atoms with E-state index in [0.717, 1.165) is 43.7 Å². The smallest absolute Gasteiger partial charge is 0.243 e. The molecule has 0 bridgehead atoms. The summed E-state index contributed by atoms with van der Waals surface area (Å²) in [4.78, 5) is 2.70. The molecule has 2 fully saturated rings. The van der Waals surface area contributed by atoms with Crippen LogP contribution in [0.1, 0.15) is 38.7 Å². The van der Waals surface area contributed by atoms with Crippen molar-refractivity contribution in [1.29, 1.82) is 0 Å². The van der Waals surface area contributed by atoms with E-state index < -0.39 is 15.6 Å². The Balaban J connectivity index is 1.58. The van der Waals surface area contributed by atoms with E-state index in [0.29, 0.717) is 30.4 Å². The lowest BCUT2D eigenvalue weighted by Gasteiger charge is -2.44. The van der Waals surface area contributed by atoms with Crippen molar-refractivity contribution in [2.45, 2.75) is 49.6 Å². The standard InChI is InChI=1S/C25H34N2O4S/c1-25(2,28)21-8-10-22(11-9-21)27-15-14-26(32(29,30)24-6-4-3-5-7-24)19-23(27)18-20-12-16-31-17-13-20/h3-11,20,23,28H,12-19H2,1-2H3/t23-/m1/s1. The molecule has 2 aromatic carbocycles. The molecule has 2 aromatic rings. The number of ether oxygens (including phenoxy) is 1. The van der Waals surface area contributed by atoms with Crippen LogP contribution in [0, 0.1) is 5.92 Å². The summed E-state index contributed by atoms with van der Waals surface area (Å²) in [7, 11) is -3.52. The second-order valence-corrected chi connectivity index (χ2v) is 11.4. The minimum atomic E-state index is -3.52. The quantitative estimate of drug-likeness (QED) is 0.716. The zero-order chi connectivity index (χ0) is 22.8. The van der Waals surface area contributed by atoms with Gasteiger partial charge in [-0.05, 0) is 68.9 Å². The van der Waals surface area contributed by atoms with Gasteiger partial charge in [-0.3, -0.25) is 0 Å². The zero-order valence-electron chi connectivity index (χ0n) is 19.0. The average Bonchev–Trinajstić information content (AvgIpc) is 2.80. The van der Waals surface area contributed by atoms with E-state index in [1.807, 2.05) is 30.3 Å². The molecular weight excluding hydrogens is 424 g/mol. The first-order chi connectivity index (χ1) is 15.2. The van der Waals surface area contributed by atoms with Gasteiger partial charge in [0.2, 0.25) is 10.0 Å². The van der Waals surface area contributed by atoms with Gasteiger partial charge in [-0.1, -0.05) is 30.3 Å². The molecule has 32 heavy (non-hydrogen) atoms. The molecule has 2 heterocycles. The lowest BCUT2D eigenvalue weighted by Crippen LogP contribution is -2.55. The highest BCUT2D eigenvalue weighted by Gasteiger charge is 2.35. The Labute approximate surface area is 191 Å². The van der Waals surface area contributed by atoms with E-state index in [-0.39, 0.29) is 6.04 Å². The predicted molar refractivity (Wildman–Crippen MR) is 126 cm³/mol. The van der Waals surface area contributed by atoms with Crippen molar-refractivity contribution in [3.63, 3.8) is 0 Å². The van der Waals surface area contributed by atoms with Gasteiger partial charge < -0.3 is 14.7 Å². The molecule has 2 aliphatic rings. The summed E-state index contributed by atoms with van der Waals surface area (Å²) in [5.74, 6) is 0.534. The van der Waals surface area contributed by atoms with Crippen LogP contribution in [0.15, 0.2) is 59.5 Å². The maximum atomic E-state index is 13.3. The summed E-state index contributed by atoms with van der Waals surface area (Å²) in [6.45, 7) is 6.69. The SMILES string of the molecule is CC(C)(O)c1ccc(N2CCN(S(=O)(=O)c3ccccc3)C[C@H]2CC2CCOCC2)cc1. The Morgan fingerprint density at radius 1 is 1.00 bits per heavy atom. The molecular formula is C25H34N2O4S. The Hall–Kier alpha value is -1.93. The van der Waals surface area contributed by atoms with Crippen molar-refractivity contribution in [3.05, 3.63) is 60.2 Å². The highest BCUT2D eigenvalue weighted by molar-refractivity contribution is 7.89. The van der Waals surface area contributed by atoms with E-state index in [1.165, 1.54) is 0 Å². The van der Waals surface area contributed by atoms with Crippen molar-refractivity contribution in [2.24, 2.45) is 5.92 Å². The van der Waals surface area contributed by atoms with Gasteiger partial charge in [0.1, 0.15) is 0 Å². The number of piperazine rings is 1. The predicted octanol–water partition coefficient (Wildman–Crippen LogP) is 3.61. The van der Waals surface area contributed by atoms with Gasteiger partial charge >= 0.3 is 0 Å². The number of benzene rings is 2. The maximum Gasteiger partial charge on any atom is 0.243 e. The van der Waals surface area contributed by atoms with Gasteiger partial charge in [0.15, 0.2) is 0 Å². The van der Waals surface area contributed by atoms with Crippen molar-refractivity contribution >= 4 is 15.7 Å². The lowest BCUT2D eigenvalue weighted by atomic mass is 9.90. The highest BCUT2D eigenvalue weighted by atomic mass is 32.2. The van der Waals surface area contributed by atoms with E-state index in [1.54, 1.807) is 42.4 Å². The largest absolute Gasteiger partial charge is 0.386 e. The lowest BCUT2D eigenvalue weighted by molar-refractivity contribution is 0.0601. The summed E-state index contributed by atoms with van der Waals surface area (Å²) in [5.41, 5.74) is 1.06. The molecule has 0 radical (unpaired) electrons. The van der Waals surface area contributed by atoms with Crippen LogP contribution in [0.3, 0.4) is 0 Å². The number of hydrogen-bond acceptors (Lipinski definition) is 5. The highest BCUT2D eigenvalue weighted by Crippen LogP contribution is 2.31. The average molecular weight is 459 g/mol. The molecule has 4 rings (SSSR count). The van der Waals surface area contributed by atoms with E-state index in [4.69, 9.17) is 4.74 Å². The number of nitrogens with zero attached hydrogens (tertiary/aromatic N) is 2. The normalized spacial score (nSPS) is 21.6. The summed E-state index contributed by atoms with van der Waals surface area (Å²) in [6, 6.07) is 16.8. The first-order valence-corrected chi connectivity index (χ1v) is 12.9. The van der Waals surface area contributed by atoms with Crippen molar-refractivity contribution < 1.29 is 18.3 Å². The third-order valence-corrected chi connectivity index (χ3v) is 8.56. The molecule has 174 valence electrons. The topological polar surface area (TPSA) is 70.1 Å². The minimum Gasteiger partial charge on any atom is -0.386 e. The van der Waals surface area contributed by atoms with Crippen LogP contribution in [0.25, 0.3) is 0 Å². The van der Waals surface area contributed by atoms with Gasteiger partial charge in [0, 0.05) is 44.6 Å². The molecule has 1 N–H and O–H groups in total. The van der Waals surface area contributed by atoms with Crippen LogP contribution < -0.4 is 4.90 Å². The van der Waals surface area contributed by atoms with Crippen LogP contribution in [-0.4, -0.2) is 56.7 Å². The number of hydrogen-bond donors (Lipinski definition) is 1. The number of sulfonamides is 1. The van der Waals surface area contributed by atoms with E-state index in [9.17, 15) is 13.5 Å². The Bertz CT molecular complexity index is 981. The fourth-order valence-electron chi connectivity index (χ4n) is 4.76. The molecule has 6 nitrogen and oxygen atoms in total. The number of aliphatic hydroxyl groups is 1. The van der Waals surface area contributed by atoms with Gasteiger partial charge in [-0.2, -0.15) is 4.31 Å². The Morgan fingerprint density at radius 3 is 2.28 bits per heavy atom. The van der Waals surface area contributed by atoms with Crippen molar-refractivity contribution in [3.8, 4) is 0 Å². The summed E-state index contributed by atoms with van der Waals surface area (Å²) >= 11 is 0. The Kier molecular flexibility index (Phi) is 6.91. The van der Waals surface area contributed by atoms with Crippen molar-refractivity contribution in [1.82, 2.24) is 4.31 Å². The molecule has 2 saturated heterocycles. The van der Waals surface area contributed by atoms with Crippen molar-refractivity contribution in [2.75, 3.05) is 37.7 Å². The number of rotatable bonds is 6. The fraction of sp³-hybridized carbons (Fsp3) is 0.520. The van der Waals surface area contributed by atoms with E-state index >= 15 is 0 Å². The van der Waals surface area contributed by atoms with Crippen LogP contribution in [0.5, 0.6) is 0 Å². The first kappa shape index (κ1) is 23.2. The molecule has 0 saturated carbocycles. The molecule has 7 heteroatoms. The summed E-state index contributed by atoms with van der Waals surface area (Å²) < 4.78 is 33.7. The molecule has 0 unspecified atom stereocenters. The van der Waals surface area contributed by atoms with Gasteiger partial charge in [-0.15, -0.1) is 0 Å². The zero-order valence-corrected chi connectivity index (χ0v) is 19.8. The van der Waals surface area contributed by atoms with Crippen LogP contribution in [-0.2, 0) is 20.4 Å². The third-order valence-electron chi connectivity index (χ3n) is 6.68. The molecule has 0 amide bonds. The van der Waals surface area contributed by atoms with Crippen LogP contribution in [0.2, 0.25) is 0 Å². The molecule has 0 spiro atoms. The molecule has 0 aromatic heterocycles. The first-order valence-electron chi connectivity index (χ1n) is 11.5. The second kappa shape index (κ2) is 9.51. The maximum absolute atomic E-state index is 13.3. The summed E-state index contributed by atoms with van der Waals surface area (Å²) in [5, 5.41) is 10.3. The molecule has 0 aliphatic carbocycles. The third kappa shape index (κ3) is 5.17. The number of anilines is 1. The van der Waals surface area contributed by atoms with E-state index in [2.05, 4.69) is 4.90 Å². The molecule has 2 aliphatic heterocycles. The van der Waals surface area contributed by atoms with Gasteiger partial charge in [0.25, 0.3) is 0 Å². The summed E-state index contributed by atoms with van der Waals surface area (Å²) in [6.07, 6.45) is 2.98. The Morgan fingerprint density at radius 2 is 1.66 bits per heavy atom. The van der Waals surface area contributed by atoms with Crippen LogP contribution >= 0.6 is 0 Å². The van der Waals surface area contributed by atoms with Gasteiger partial charge in [-0.25, -0.2) is 8.42 Å².